The first-order valence-electron chi connectivity index (χ1n) is 26.0. The summed E-state index contributed by atoms with van der Waals surface area (Å²) >= 11 is 0. The molecule has 0 aliphatic carbocycles. The fraction of sp³-hybridized carbons (Fsp3) is 0.667. The number of unbranched alkanes of at least 4 members (excludes halogenated alkanes) is 14. The van der Waals surface area contributed by atoms with Gasteiger partial charge in [-0.25, -0.2) is 0 Å². The molecule has 1 aliphatic heterocycles. The molecular weight excluding hydrogens is 829 g/mol. The molecule has 9 heteroatoms. The Bertz CT molecular complexity index is 1370. The van der Waals surface area contributed by atoms with E-state index in [2.05, 4.69) is 123 Å². The third-order valence-corrected chi connectivity index (χ3v) is 11.2. The van der Waals surface area contributed by atoms with Crippen molar-refractivity contribution in [3.8, 4) is 0 Å². The Balaban J connectivity index is 2.25. The lowest BCUT2D eigenvalue weighted by Gasteiger charge is -2.39. The lowest BCUT2D eigenvalue weighted by molar-refractivity contribution is -0.305. The Hall–Kier alpha value is -3.15. The Morgan fingerprint density at radius 1 is 0.500 bits per heavy atom. The maximum absolute atomic E-state index is 12.8. The van der Waals surface area contributed by atoms with Crippen molar-refractivity contribution in [2.45, 2.75) is 218 Å². The average Bonchev–Trinajstić information content (AvgIpc) is 3.32. The van der Waals surface area contributed by atoms with Crippen LogP contribution in [0.5, 0.6) is 0 Å². The zero-order chi connectivity index (χ0) is 47.8. The summed E-state index contributed by atoms with van der Waals surface area (Å²) in [6.07, 6.45) is 59.7. The summed E-state index contributed by atoms with van der Waals surface area (Å²) in [6.45, 7) is 4.34. The van der Waals surface area contributed by atoms with Crippen LogP contribution >= 0.6 is 0 Å². The zero-order valence-corrected chi connectivity index (χ0v) is 41.4. The van der Waals surface area contributed by atoms with Crippen LogP contribution in [0.1, 0.15) is 181 Å². The second kappa shape index (κ2) is 46.9. The van der Waals surface area contributed by atoms with Gasteiger partial charge in [0.25, 0.3) is 0 Å². The molecule has 9 nitrogen and oxygen atoms in total. The SMILES string of the molecule is CC/C=C\C/C=C\C/C=C\C/C=C\C/C=C\C/C=C\CCCCCCCOCC(COC1OC(CO)C(O)C(O)C1O)OC(=O)CCCCCCCC/C=C\C/C=C\C/C=C\CCCCC. The second-order valence-corrected chi connectivity index (χ2v) is 17.2. The molecule has 4 N–H and O–H groups in total. The third kappa shape index (κ3) is 36.9. The largest absolute Gasteiger partial charge is 0.457 e. The minimum atomic E-state index is -1.55. The molecule has 1 heterocycles. The number of ether oxygens (including phenoxy) is 4. The van der Waals surface area contributed by atoms with Gasteiger partial charge in [-0.05, 0) is 103 Å². The molecule has 0 bridgehead atoms. The second-order valence-electron chi connectivity index (χ2n) is 17.2. The maximum atomic E-state index is 12.8. The van der Waals surface area contributed by atoms with Gasteiger partial charge in [-0.2, -0.15) is 0 Å². The lowest BCUT2D eigenvalue weighted by atomic mass is 9.99. The fourth-order valence-electron chi connectivity index (χ4n) is 7.15. The van der Waals surface area contributed by atoms with Crippen molar-refractivity contribution in [1.82, 2.24) is 0 Å². The van der Waals surface area contributed by atoms with Crippen LogP contribution in [0, 0.1) is 0 Å². The van der Waals surface area contributed by atoms with Gasteiger partial charge in [0.15, 0.2) is 6.29 Å². The number of esters is 1. The van der Waals surface area contributed by atoms with Gasteiger partial charge in [0.2, 0.25) is 0 Å². The molecule has 0 aromatic rings. The predicted molar refractivity (Wildman–Crippen MR) is 274 cm³/mol. The fourth-order valence-corrected chi connectivity index (χ4v) is 7.15. The average molecular weight is 923 g/mol. The van der Waals surface area contributed by atoms with Crippen molar-refractivity contribution in [3.05, 3.63) is 109 Å². The van der Waals surface area contributed by atoms with E-state index in [0.29, 0.717) is 13.0 Å². The highest BCUT2D eigenvalue weighted by molar-refractivity contribution is 5.69. The number of hydrogen-bond acceptors (Lipinski definition) is 9. The van der Waals surface area contributed by atoms with E-state index in [9.17, 15) is 25.2 Å². The van der Waals surface area contributed by atoms with Gasteiger partial charge in [0.05, 0.1) is 19.8 Å². The van der Waals surface area contributed by atoms with Crippen molar-refractivity contribution in [2.75, 3.05) is 26.4 Å². The number of carbonyl (C=O) groups is 1. The van der Waals surface area contributed by atoms with Crippen LogP contribution in [0.25, 0.3) is 0 Å². The van der Waals surface area contributed by atoms with Crippen molar-refractivity contribution >= 4 is 5.97 Å². The Kier molecular flexibility index (Phi) is 43.3. The quantitative estimate of drug-likeness (QED) is 0.0268. The van der Waals surface area contributed by atoms with Crippen LogP contribution in [-0.2, 0) is 23.7 Å². The molecule has 1 fully saturated rings. The lowest BCUT2D eigenvalue weighted by Crippen LogP contribution is -2.59. The van der Waals surface area contributed by atoms with E-state index in [0.717, 1.165) is 122 Å². The highest BCUT2D eigenvalue weighted by Gasteiger charge is 2.44. The highest BCUT2D eigenvalue weighted by Crippen LogP contribution is 2.22. The minimum absolute atomic E-state index is 0.118. The summed E-state index contributed by atoms with van der Waals surface area (Å²) in [5.74, 6) is -0.338. The highest BCUT2D eigenvalue weighted by atomic mass is 16.7. The molecular formula is C57H94O9. The molecule has 0 aromatic carbocycles. The van der Waals surface area contributed by atoms with Gasteiger partial charge in [-0.1, -0.05) is 181 Å². The molecule has 0 amide bonds. The summed E-state index contributed by atoms with van der Waals surface area (Å²) < 4.78 is 22.9. The number of rotatable bonds is 43. The molecule has 0 saturated carbocycles. The monoisotopic (exact) mass is 923 g/mol. The summed E-state index contributed by atoms with van der Waals surface area (Å²) in [5.41, 5.74) is 0. The molecule has 1 aliphatic rings. The maximum Gasteiger partial charge on any atom is 0.306 e. The van der Waals surface area contributed by atoms with Crippen LogP contribution in [-0.4, -0.2) is 89.6 Å². The Morgan fingerprint density at radius 2 is 0.924 bits per heavy atom. The molecule has 0 radical (unpaired) electrons. The Labute approximate surface area is 402 Å². The first-order chi connectivity index (χ1) is 32.4. The molecule has 1 saturated heterocycles. The number of hydrogen-bond donors (Lipinski definition) is 4. The molecule has 1 rings (SSSR count). The number of aliphatic hydroxyl groups is 4. The van der Waals surface area contributed by atoms with E-state index in [4.69, 9.17) is 18.9 Å². The smallest absolute Gasteiger partial charge is 0.306 e. The number of carbonyl (C=O) groups excluding carboxylic acids is 1. The summed E-state index contributed by atoms with van der Waals surface area (Å²) in [6, 6.07) is 0. The number of aliphatic hydroxyl groups excluding tert-OH is 4. The molecule has 6 unspecified atom stereocenters. The third-order valence-electron chi connectivity index (χ3n) is 11.2. The summed E-state index contributed by atoms with van der Waals surface area (Å²) in [7, 11) is 0. The molecule has 0 spiro atoms. The Morgan fingerprint density at radius 3 is 1.39 bits per heavy atom. The first kappa shape index (κ1) is 60.9. The van der Waals surface area contributed by atoms with E-state index in [1.807, 2.05) is 0 Å². The molecule has 0 aromatic heterocycles. The summed E-state index contributed by atoms with van der Waals surface area (Å²) in [5, 5.41) is 40.3. The van der Waals surface area contributed by atoms with Crippen molar-refractivity contribution in [2.24, 2.45) is 0 Å². The van der Waals surface area contributed by atoms with Gasteiger partial charge in [-0.3, -0.25) is 4.79 Å². The van der Waals surface area contributed by atoms with Gasteiger partial charge < -0.3 is 39.4 Å². The molecule has 6 atom stereocenters. The zero-order valence-electron chi connectivity index (χ0n) is 41.4. The van der Waals surface area contributed by atoms with Gasteiger partial charge in [-0.15, -0.1) is 0 Å². The van der Waals surface area contributed by atoms with E-state index in [-0.39, 0.29) is 19.2 Å². The molecule has 376 valence electrons. The number of allylic oxidation sites excluding steroid dienone is 18. The van der Waals surface area contributed by atoms with Gasteiger partial charge in [0.1, 0.15) is 30.5 Å². The van der Waals surface area contributed by atoms with Crippen LogP contribution in [0.3, 0.4) is 0 Å². The molecule has 66 heavy (non-hydrogen) atoms. The van der Waals surface area contributed by atoms with Gasteiger partial charge in [0, 0.05) is 13.0 Å². The van der Waals surface area contributed by atoms with Crippen molar-refractivity contribution < 1.29 is 44.2 Å². The minimum Gasteiger partial charge on any atom is -0.457 e. The summed E-state index contributed by atoms with van der Waals surface area (Å²) in [4.78, 5) is 12.8. The van der Waals surface area contributed by atoms with Crippen molar-refractivity contribution in [1.29, 1.82) is 0 Å². The van der Waals surface area contributed by atoms with E-state index < -0.39 is 43.4 Å². The van der Waals surface area contributed by atoms with E-state index in [1.165, 1.54) is 38.5 Å². The normalized spacial score (nSPS) is 20.2. The van der Waals surface area contributed by atoms with Gasteiger partial charge >= 0.3 is 5.97 Å². The predicted octanol–water partition coefficient (Wildman–Crippen LogP) is 12.9. The van der Waals surface area contributed by atoms with E-state index in [1.54, 1.807) is 0 Å². The van der Waals surface area contributed by atoms with Crippen LogP contribution in [0.15, 0.2) is 109 Å². The topological polar surface area (TPSA) is 135 Å². The van der Waals surface area contributed by atoms with Crippen LogP contribution < -0.4 is 0 Å². The standard InChI is InChI=1S/C57H94O9/c1-3-5-7-9-11-13-15-17-19-21-23-24-25-26-27-29-31-33-35-37-39-41-43-45-47-63-49-51(50-64-57-56(62)55(61)54(60)52(48-58)66-57)65-53(59)46-44-42-40-38-36-34-32-30-28-22-20-18-16-14-12-10-8-6-4-2/h5,7,11-14,17-20,23-24,26-28,30-31,33,51-52,54-58,60-62H,3-4,6,8-10,15-16,21-22,25,29,32,34-50H2,1-2H3/b7-5-,13-11-,14-12-,19-17-,20-18-,24-23-,27-26-,30-28-,33-31-. The van der Waals surface area contributed by atoms with E-state index >= 15 is 0 Å². The first-order valence-corrected chi connectivity index (χ1v) is 26.0. The van der Waals surface area contributed by atoms with Crippen molar-refractivity contribution in [3.63, 3.8) is 0 Å². The van der Waals surface area contributed by atoms with Crippen LogP contribution in [0.2, 0.25) is 0 Å². The van der Waals surface area contributed by atoms with Crippen LogP contribution in [0.4, 0.5) is 0 Å².